The highest BCUT2D eigenvalue weighted by atomic mass is 19.4. The Hall–Kier alpha value is -1.96. The molecule has 1 aromatic rings. The van der Waals surface area contributed by atoms with Crippen LogP contribution in [-0.2, 0) is 0 Å². The summed E-state index contributed by atoms with van der Waals surface area (Å²) in [4.78, 5) is 7.95. The second kappa shape index (κ2) is 9.82. The van der Waals surface area contributed by atoms with E-state index < -0.39 is 12.7 Å². The van der Waals surface area contributed by atoms with E-state index in [1.54, 1.807) is 7.11 Å². The molecule has 1 fully saturated rings. The Kier molecular flexibility index (Phi) is 7.77. The van der Waals surface area contributed by atoms with Crippen LogP contribution in [0.2, 0.25) is 0 Å². The topological polar surface area (TPSA) is 40.1 Å². The third-order valence-electron chi connectivity index (χ3n) is 4.60. The van der Waals surface area contributed by atoms with E-state index in [0.29, 0.717) is 12.5 Å². The summed E-state index contributed by atoms with van der Waals surface area (Å²) in [5.74, 6) is 2.02. The van der Waals surface area contributed by atoms with Crippen molar-refractivity contribution in [3.8, 4) is 5.75 Å². The van der Waals surface area contributed by atoms with Crippen molar-refractivity contribution >= 4 is 5.96 Å². The smallest absolute Gasteiger partial charge is 0.401 e. The van der Waals surface area contributed by atoms with Gasteiger partial charge in [0.25, 0.3) is 0 Å². The minimum absolute atomic E-state index is 0.268. The van der Waals surface area contributed by atoms with E-state index in [1.165, 1.54) is 17.5 Å². The minimum atomic E-state index is -4.18. The number of aliphatic imine (C=N–C) groups is 1. The first kappa shape index (κ1) is 21.3. The molecule has 0 aliphatic carbocycles. The van der Waals surface area contributed by atoms with E-state index in [0.717, 1.165) is 37.8 Å². The predicted octanol–water partition coefficient (Wildman–Crippen LogP) is 2.94. The highest BCUT2D eigenvalue weighted by Crippen LogP contribution is 2.28. The van der Waals surface area contributed by atoms with Crippen LogP contribution in [0.3, 0.4) is 0 Å². The van der Waals surface area contributed by atoms with Gasteiger partial charge in [-0.1, -0.05) is 12.1 Å². The number of alkyl halides is 3. The molecule has 1 aliphatic heterocycles. The number of likely N-dealkylation sites (N-methyl/N-ethyl adjacent to an activating group) is 1. The molecule has 5 nitrogen and oxygen atoms in total. The Bertz CT molecular complexity index is 604. The van der Waals surface area contributed by atoms with Crippen molar-refractivity contribution in [2.45, 2.75) is 25.4 Å². The first-order valence-electron chi connectivity index (χ1n) is 9.25. The minimum Gasteiger partial charge on any atom is -0.497 e. The van der Waals surface area contributed by atoms with Gasteiger partial charge in [-0.25, -0.2) is 0 Å². The fourth-order valence-electron chi connectivity index (χ4n) is 3.24. The van der Waals surface area contributed by atoms with Crippen LogP contribution in [0.5, 0.6) is 5.75 Å². The summed E-state index contributed by atoms with van der Waals surface area (Å²) >= 11 is 0. The molecule has 152 valence electrons. The molecule has 1 saturated heterocycles. The van der Waals surface area contributed by atoms with Gasteiger partial charge in [-0.2, -0.15) is 13.2 Å². The van der Waals surface area contributed by atoms with Crippen LogP contribution in [0.4, 0.5) is 13.2 Å². The molecule has 0 saturated carbocycles. The number of ether oxygens (including phenoxy) is 1. The quantitative estimate of drug-likeness (QED) is 0.578. The molecular weight excluding hydrogens is 357 g/mol. The van der Waals surface area contributed by atoms with Gasteiger partial charge in [0.15, 0.2) is 5.96 Å². The summed E-state index contributed by atoms with van der Waals surface area (Å²) in [5, 5.41) is 3.25. The normalized spacial score (nSPS) is 18.3. The van der Waals surface area contributed by atoms with Gasteiger partial charge in [0.1, 0.15) is 5.75 Å². The Morgan fingerprint density at radius 1 is 1.33 bits per heavy atom. The number of rotatable bonds is 7. The Morgan fingerprint density at radius 3 is 2.63 bits per heavy atom. The molecule has 1 aromatic carbocycles. The molecule has 8 heteroatoms. The second-order valence-corrected chi connectivity index (χ2v) is 6.79. The standard InChI is InChI=1S/C19H29F3N4O/c1-4-23-18(24-10-12-25(2)14-19(20,21)22)26-11-9-16(13-26)15-5-7-17(27-3)8-6-15/h5-8,16H,4,9-14H2,1-3H3,(H,23,24). The average molecular weight is 386 g/mol. The molecule has 0 amide bonds. The fourth-order valence-corrected chi connectivity index (χ4v) is 3.24. The molecule has 1 N–H and O–H groups in total. The van der Waals surface area contributed by atoms with Gasteiger partial charge < -0.3 is 15.0 Å². The number of hydrogen-bond acceptors (Lipinski definition) is 3. The lowest BCUT2D eigenvalue weighted by molar-refractivity contribution is -0.142. The first-order valence-corrected chi connectivity index (χ1v) is 9.25. The largest absolute Gasteiger partial charge is 0.497 e. The predicted molar refractivity (Wildman–Crippen MR) is 101 cm³/mol. The molecular formula is C19H29F3N4O. The fraction of sp³-hybridized carbons (Fsp3) is 0.632. The van der Waals surface area contributed by atoms with E-state index in [4.69, 9.17) is 4.74 Å². The van der Waals surface area contributed by atoms with E-state index in [1.807, 2.05) is 19.1 Å². The van der Waals surface area contributed by atoms with Crippen molar-refractivity contribution in [2.75, 3.05) is 53.4 Å². The van der Waals surface area contributed by atoms with Crippen molar-refractivity contribution < 1.29 is 17.9 Å². The lowest BCUT2D eigenvalue weighted by Gasteiger charge is -2.23. The number of nitrogens with one attached hydrogen (secondary N) is 1. The first-order chi connectivity index (χ1) is 12.8. The molecule has 2 rings (SSSR count). The highest BCUT2D eigenvalue weighted by Gasteiger charge is 2.29. The lowest BCUT2D eigenvalue weighted by atomic mass is 9.98. The van der Waals surface area contributed by atoms with Crippen molar-refractivity contribution in [3.63, 3.8) is 0 Å². The summed E-state index contributed by atoms with van der Waals surface area (Å²) in [5.41, 5.74) is 1.26. The van der Waals surface area contributed by atoms with Crippen LogP contribution in [-0.4, -0.2) is 75.4 Å². The summed E-state index contributed by atoms with van der Waals surface area (Å²) in [7, 11) is 3.11. The Balaban J connectivity index is 1.92. The average Bonchev–Trinajstić information content (AvgIpc) is 3.09. The zero-order valence-corrected chi connectivity index (χ0v) is 16.2. The monoisotopic (exact) mass is 386 g/mol. The summed E-state index contributed by atoms with van der Waals surface area (Å²) in [6.07, 6.45) is -3.16. The SMILES string of the molecule is CCNC(=NCCN(C)CC(F)(F)F)N1CCC(c2ccc(OC)cc2)C1. The molecule has 1 unspecified atom stereocenters. The number of nitrogens with zero attached hydrogens (tertiary/aromatic N) is 3. The summed E-state index contributed by atoms with van der Waals surface area (Å²) < 4.78 is 42.4. The molecule has 1 heterocycles. The second-order valence-electron chi connectivity index (χ2n) is 6.79. The summed E-state index contributed by atoms with van der Waals surface area (Å²) in [6.45, 7) is 4.12. The summed E-state index contributed by atoms with van der Waals surface area (Å²) in [6, 6.07) is 8.11. The molecule has 1 atom stereocenters. The van der Waals surface area contributed by atoms with Gasteiger partial charge in [0, 0.05) is 32.1 Å². The molecule has 27 heavy (non-hydrogen) atoms. The third kappa shape index (κ3) is 6.93. The zero-order valence-electron chi connectivity index (χ0n) is 16.2. The number of likely N-dealkylation sites (tertiary alicyclic amines) is 1. The number of benzene rings is 1. The maximum atomic E-state index is 12.4. The van der Waals surface area contributed by atoms with Crippen molar-refractivity contribution in [2.24, 2.45) is 4.99 Å². The van der Waals surface area contributed by atoms with E-state index >= 15 is 0 Å². The third-order valence-corrected chi connectivity index (χ3v) is 4.60. The zero-order chi connectivity index (χ0) is 19.9. The van der Waals surface area contributed by atoms with Crippen molar-refractivity contribution in [3.05, 3.63) is 29.8 Å². The van der Waals surface area contributed by atoms with Crippen molar-refractivity contribution in [1.82, 2.24) is 15.1 Å². The van der Waals surface area contributed by atoms with Crippen LogP contribution in [0.1, 0.15) is 24.8 Å². The molecule has 0 bridgehead atoms. The van der Waals surface area contributed by atoms with Crippen LogP contribution >= 0.6 is 0 Å². The van der Waals surface area contributed by atoms with E-state index in [-0.39, 0.29) is 6.54 Å². The van der Waals surface area contributed by atoms with Crippen LogP contribution in [0, 0.1) is 0 Å². The van der Waals surface area contributed by atoms with E-state index in [2.05, 4.69) is 27.3 Å². The van der Waals surface area contributed by atoms with Gasteiger partial charge in [0.2, 0.25) is 0 Å². The number of methoxy groups -OCH3 is 1. The van der Waals surface area contributed by atoms with Gasteiger partial charge in [0.05, 0.1) is 20.2 Å². The number of halogens is 3. The maximum Gasteiger partial charge on any atom is 0.401 e. The highest BCUT2D eigenvalue weighted by molar-refractivity contribution is 5.80. The number of hydrogen-bond donors (Lipinski definition) is 1. The van der Waals surface area contributed by atoms with Crippen LogP contribution < -0.4 is 10.1 Å². The molecule has 0 spiro atoms. The number of guanidine groups is 1. The van der Waals surface area contributed by atoms with E-state index in [9.17, 15) is 13.2 Å². The van der Waals surface area contributed by atoms with Gasteiger partial charge >= 0.3 is 6.18 Å². The van der Waals surface area contributed by atoms with Gasteiger partial charge in [-0.15, -0.1) is 0 Å². The lowest BCUT2D eigenvalue weighted by Crippen LogP contribution is -2.40. The molecule has 0 radical (unpaired) electrons. The Labute approximate surface area is 159 Å². The van der Waals surface area contributed by atoms with Gasteiger partial charge in [-0.05, 0) is 38.1 Å². The Morgan fingerprint density at radius 2 is 2.04 bits per heavy atom. The van der Waals surface area contributed by atoms with Crippen molar-refractivity contribution in [1.29, 1.82) is 0 Å². The van der Waals surface area contributed by atoms with Crippen LogP contribution in [0.25, 0.3) is 0 Å². The maximum absolute atomic E-state index is 12.4. The van der Waals surface area contributed by atoms with Gasteiger partial charge in [-0.3, -0.25) is 9.89 Å². The molecule has 0 aromatic heterocycles. The van der Waals surface area contributed by atoms with Crippen LogP contribution in [0.15, 0.2) is 29.3 Å². The molecule has 1 aliphatic rings.